The highest BCUT2D eigenvalue weighted by molar-refractivity contribution is 7.13. The third-order valence-electron chi connectivity index (χ3n) is 6.05. The van der Waals surface area contributed by atoms with E-state index >= 15 is 0 Å². The Labute approximate surface area is 234 Å². The number of aromatic nitrogens is 1. The van der Waals surface area contributed by atoms with E-state index in [1.165, 1.54) is 36.8 Å². The first kappa shape index (κ1) is 27.6. The number of carbonyl (C=O) groups excluding carboxylic acids is 2. The summed E-state index contributed by atoms with van der Waals surface area (Å²) >= 11 is 20.0. The molecule has 3 heterocycles. The average Bonchev–Trinajstić information content (AvgIpc) is 3.26. The number of nitrogens with one attached hydrogen (secondary N) is 2. The van der Waals surface area contributed by atoms with E-state index in [-0.39, 0.29) is 27.8 Å². The Morgan fingerprint density at radius 2 is 1.76 bits per heavy atom. The molecule has 1 aliphatic heterocycles. The number of anilines is 2. The Morgan fingerprint density at radius 3 is 2.41 bits per heavy atom. The van der Waals surface area contributed by atoms with Crippen molar-refractivity contribution in [1.29, 1.82) is 0 Å². The van der Waals surface area contributed by atoms with Gasteiger partial charge in [-0.25, -0.2) is 4.98 Å². The van der Waals surface area contributed by atoms with Gasteiger partial charge in [-0.2, -0.15) is 0 Å². The Morgan fingerprint density at radius 1 is 1.03 bits per heavy atom. The molecule has 0 spiro atoms. The largest absolute Gasteiger partial charge is 0.494 e. The maximum absolute atomic E-state index is 13.3. The van der Waals surface area contributed by atoms with Crippen molar-refractivity contribution >= 4 is 69.5 Å². The second-order valence-electron chi connectivity index (χ2n) is 8.41. The van der Waals surface area contributed by atoms with Crippen LogP contribution in [0.25, 0.3) is 0 Å². The number of ether oxygens (including phenoxy) is 1. The second-order valence-corrected chi connectivity index (χ2v) is 10.5. The third-order valence-corrected chi connectivity index (χ3v) is 8.06. The fourth-order valence-electron chi connectivity index (χ4n) is 4.00. The van der Waals surface area contributed by atoms with Crippen molar-refractivity contribution in [3.8, 4) is 5.75 Å². The second kappa shape index (κ2) is 12.4. The van der Waals surface area contributed by atoms with Crippen LogP contribution < -0.4 is 15.4 Å². The summed E-state index contributed by atoms with van der Waals surface area (Å²) < 4.78 is 5.42. The molecule has 3 aromatic rings. The molecule has 0 saturated carbocycles. The van der Waals surface area contributed by atoms with Crippen LogP contribution in [0.15, 0.2) is 35.8 Å². The van der Waals surface area contributed by atoms with E-state index in [1.807, 2.05) is 5.38 Å². The zero-order valence-electron chi connectivity index (χ0n) is 20.3. The van der Waals surface area contributed by atoms with Gasteiger partial charge in [0, 0.05) is 50.0 Å². The molecule has 2 amide bonds. The number of carbonyl (C=O) groups is 2. The van der Waals surface area contributed by atoms with E-state index in [1.54, 1.807) is 12.1 Å². The molecule has 0 atom stereocenters. The number of pyridine rings is 1. The van der Waals surface area contributed by atoms with Gasteiger partial charge in [0.25, 0.3) is 11.8 Å². The zero-order valence-corrected chi connectivity index (χ0v) is 23.4. The van der Waals surface area contributed by atoms with Gasteiger partial charge in [0.2, 0.25) is 0 Å². The Hall–Kier alpha value is -2.40. The number of rotatable bonds is 8. The first-order chi connectivity index (χ1) is 17.8. The van der Waals surface area contributed by atoms with Crippen molar-refractivity contribution < 1.29 is 14.3 Å². The molecule has 0 aliphatic carbocycles. The quantitative estimate of drug-likeness (QED) is 0.352. The van der Waals surface area contributed by atoms with Crippen molar-refractivity contribution in [3.05, 3.63) is 66.9 Å². The molecule has 1 aliphatic rings. The topological polar surface area (TPSA) is 86.8 Å². The maximum atomic E-state index is 13.3. The van der Waals surface area contributed by atoms with Gasteiger partial charge >= 0.3 is 0 Å². The minimum Gasteiger partial charge on any atom is -0.494 e. The number of nitrogens with zero attached hydrogens (tertiary/aromatic N) is 3. The van der Waals surface area contributed by atoms with Gasteiger partial charge in [-0.05, 0) is 35.7 Å². The molecule has 1 saturated heterocycles. The van der Waals surface area contributed by atoms with E-state index in [9.17, 15) is 9.59 Å². The van der Waals surface area contributed by atoms with Crippen LogP contribution in [0, 0.1) is 0 Å². The molecule has 2 N–H and O–H groups in total. The van der Waals surface area contributed by atoms with Crippen LogP contribution in [-0.4, -0.2) is 66.4 Å². The number of methoxy groups -OCH3 is 1. The standard InChI is InChI=1S/C25H26Cl3N5O3S/c1-3-32-6-8-33(9-7-32)13-15-14-37-23(21(15)28)25(35)31-22-18(10-17(27)11-19(22)36-2)24(34)30-20-5-4-16(26)12-29-20/h4-5,10-12,14H,3,6-9,13H2,1-2H3,(H,31,35)(H,29,30,34). The fraction of sp³-hybridized carbons (Fsp3) is 0.320. The highest BCUT2D eigenvalue weighted by atomic mass is 35.5. The van der Waals surface area contributed by atoms with Crippen LogP contribution in [-0.2, 0) is 6.54 Å². The van der Waals surface area contributed by atoms with Crippen LogP contribution in [0.3, 0.4) is 0 Å². The third kappa shape index (κ3) is 6.73. The molecule has 12 heteroatoms. The summed E-state index contributed by atoms with van der Waals surface area (Å²) in [5, 5.41) is 8.50. The number of piperazine rings is 1. The molecule has 4 rings (SSSR count). The molecule has 0 radical (unpaired) electrons. The first-order valence-electron chi connectivity index (χ1n) is 11.6. The number of hydrogen-bond acceptors (Lipinski definition) is 7. The smallest absolute Gasteiger partial charge is 0.267 e. The summed E-state index contributed by atoms with van der Waals surface area (Å²) in [7, 11) is 1.43. The maximum Gasteiger partial charge on any atom is 0.267 e. The Bertz CT molecular complexity index is 1280. The first-order valence-corrected chi connectivity index (χ1v) is 13.6. The molecule has 0 bridgehead atoms. The van der Waals surface area contributed by atoms with Crippen molar-refractivity contribution in [1.82, 2.24) is 14.8 Å². The van der Waals surface area contributed by atoms with Gasteiger partial charge in [0.15, 0.2) is 0 Å². The van der Waals surface area contributed by atoms with E-state index in [0.29, 0.717) is 21.5 Å². The fourth-order valence-corrected chi connectivity index (χ4v) is 5.56. The van der Waals surface area contributed by atoms with Gasteiger partial charge in [-0.1, -0.05) is 41.7 Å². The lowest BCUT2D eigenvalue weighted by molar-refractivity contribution is 0.102. The SMILES string of the molecule is CCN1CCN(Cc2csc(C(=O)Nc3c(OC)cc(Cl)cc3C(=O)Nc3ccc(Cl)cn3)c2Cl)CC1. The molecule has 196 valence electrons. The monoisotopic (exact) mass is 581 g/mol. The highest BCUT2D eigenvalue weighted by Crippen LogP contribution is 2.35. The minimum absolute atomic E-state index is 0.108. The van der Waals surface area contributed by atoms with Gasteiger partial charge in [0.05, 0.1) is 28.4 Å². The molecule has 1 aromatic carbocycles. The van der Waals surface area contributed by atoms with Gasteiger partial charge in [0.1, 0.15) is 16.4 Å². The van der Waals surface area contributed by atoms with Gasteiger partial charge < -0.3 is 20.3 Å². The van der Waals surface area contributed by atoms with E-state index in [2.05, 4.69) is 32.3 Å². The molecule has 1 fully saturated rings. The molecular weight excluding hydrogens is 557 g/mol. The summed E-state index contributed by atoms with van der Waals surface area (Å²) in [6.45, 7) is 7.80. The van der Waals surface area contributed by atoms with E-state index in [0.717, 1.165) is 38.3 Å². The molecule has 0 unspecified atom stereocenters. The van der Waals surface area contributed by atoms with Gasteiger partial charge in [-0.15, -0.1) is 11.3 Å². The average molecular weight is 583 g/mol. The lowest BCUT2D eigenvalue weighted by Gasteiger charge is -2.33. The number of hydrogen-bond donors (Lipinski definition) is 2. The van der Waals surface area contributed by atoms with Crippen LogP contribution >= 0.6 is 46.1 Å². The van der Waals surface area contributed by atoms with Gasteiger partial charge in [-0.3, -0.25) is 14.5 Å². The van der Waals surface area contributed by atoms with Crippen LogP contribution in [0.5, 0.6) is 5.75 Å². The molecule has 2 aromatic heterocycles. The number of amides is 2. The van der Waals surface area contributed by atoms with Crippen molar-refractivity contribution in [2.45, 2.75) is 13.5 Å². The van der Waals surface area contributed by atoms with E-state index in [4.69, 9.17) is 39.5 Å². The predicted octanol–water partition coefficient (Wildman–Crippen LogP) is 5.75. The normalized spacial score (nSPS) is 14.4. The van der Waals surface area contributed by atoms with Crippen LogP contribution in [0.4, 0.5) is 11.5 Å². The van der Waals surface area contributed by atoms with Crippen molar-refractivity contribution in [2.75, 3.05) is 50.5 Å². The Kier molecular flexibility index (Phi) is 9.28. The van der Waals surface area contributed by atoms with Crippen molar-refractivity contribution in [2.24, 2.45) is 0 Å². The van der Waals surface area contributed by atoms with Crippen LogP contribution in [0.1, 0.15) is 32.5 Å². The number of benzene rings is 1. The lowest BCUT2D eigenvalue weighted by Crippen LogP contribution is -2.45. The minimum atomic E-state index is -0.532. The molecule has 37 heavy (non-hydrogen) atoms. The summed E-state index contributed by atoms with van der Waals surface area (Å²) in [5.74, 6) is -0.459. The molecule has 8 nitrogen and oxygen atoms in total. The summed E-state index contributed by atoms with van der Waals surface area (Å²) in [6, 6.07) is 6.13. The Balaban J connectivity index is 1.54. The highest BCUT2D eigenvalue weighted by Gasteiger charge is 2.24. The zero-order chi connectivity index (χ0) is 26.5. The number of thiophene rings is 1. The summed E-state index contributed by atoms with van der Waals surface area (Å²) in [4.78, 5) is 35.6. The van der Waals surface area contributed by atoms with E-state index < -0.39 is 11.8 Å². The predicted molar refractivity (Wildman–Crippen MR) is 150 cm³/mol. The lowest BCUT2D eigenvalue weighted by atomic mass is 10.1. The number of likely N-dealkylation sites (N-methyl/N-ethyl adjacent to an activating group) is 1. The summed E-state index contributed by atoms with van der Waals surface area (Å²) in [6.07, 6.45) is 1.42. The number of halogens is 3. The van der Waals surface area contributed by atoms with Crippen LogP contribution in [0.2, 0.25) is 15.1 Å². The molecular formula is C25H26Cl3N5O3S. The van der Waals surface area contributed by atoms with Crippen molar-refractivity contribution in [3.63, 3.8) is 0 Å². The summed E-state index contributed by atoms with van der Waals surface area (Å²) in [5.41, 5.74) is 1.18.